The van der Waals surface area contributed by atoms with Crippen LogP contribution in [0.15, 0.2) is 68.5 Å². The lowest BCUT2D eigenvalue weighted by molar-refractivity contribution is -0.119. The van der Waals surface area contributed by atoms with Gasteiger partial charge in [-0.1, -0.05) is 30.0 Å². The molecule has 0 aliphatic carbocycles. The van der Waals surface area contributed by atoms with Crippen LogP contribution in [-0.2, 0) is 4.79 Å². The number of amides is 3. The summed E-state index contributed by atoms with van der Waals surface area (Å²) in [7, 11) is 0. The van der Waals surface area contributed by atoms with E-state index in [1.165, 1.54) is 15.9 Å². The van der Waals surface area contributed by atoms with Crippen molar-refractivity contribution in [2.45, 2.75) is 17.3 Å². The molecule has 0 radical (unpaired) electrons. The number of rotatable bonds is 5. The van der Waals surface area contributed by atoms with Gasteiger partial charge in [0.25, 0.3) is 5.56 Å². The third-order valence-electron chi connectivity index (χ3n) is 4.28. The van der Waals surface area contributed by atoms with Crippen LogP contribution in [0.5, 0.6) is 0 Å². The third kappa shape index (κ3) is 3.74. The van der Waals surface area contributed by atoms with E-state index in [9.17, 15) is 14.4 Å². The highest BCUT2D eigenvalue weighted by Crippen LogP contribution is 2.33. The molecule has 10 heteroatoms. The summed E-state index contributed by atoms with van der Waals surface area (Å²) in [5.41, 5.74) is 6.04. The second-order valence-electron chi connectivity index (χ2n) is 6.29. The Morgan fingerprint density at radius 1 is 1.23 bits per heavy atom. The number of fused-ring (bicyclic) bond motifs is 1. The van der Waals surface area contributed by atoms with Crippen molar-refractivity contribution in [3.63, 3.8) is 0 Å². The molecule has 152 valence electrons. The fourth-order valence-electron chi connectivity index (χ4n) is 2.90. The number of urea groups is 1. The lowest BCUT2D eigenvalue weighted by atomic mass is 10.2. The summed E-state index contributed by atoms with van der Waals surface area (Å²) < 4.78 is 6.94. The number of hydrogen-bond acceptors (Lipinski definition) is 7. The van der Waals surface area contributed by atoms with Crippen LogP contribution < -0.4 is 16.6 Å². The standard InChI is InChI=1S/C20H16N4O4S2/c1-11(16(25)22-19(21)27)30-20-23-17-15(13(10-29-17)14-8-5-9-28-14)18(26)24(20)12-6-3-2-4-7-12/h2-11H,1H3,(H3,21,22,25,27)/t11-/m0/s1. The largest absolute Gasteiger partial charge is 0.464 e. The number of para-hydroxylation sites is 1. The SMILES string of the molecule is C[C@H](Sc1nc2scc(-c3ccco3)c2c(=O)n1-c1ccccc1)C(=O)NC(N)=O. The van der Waals surface area contributed by atoms with Crippen LogP contribution in [0.25, 0.3) is 27.2 Å². The van der Waals surface area contributed by atoms with Gasteiger partial charge >= 0.3 is 6.03 Å². The van der Waals surface area contributed by atoms with Crippen LogP contribution in [0.3, 0.4) is 0 Å². The average molecular weight is 441 g/mol. The summed E-state index contributed by atoms with van der Waals surface area (Å²) in [6, 6.07) is 11.6. The molecule has 0 saturated carbocycles. The van der Waals surface area contributed by atoms with Crippen molar-refractivity contribution in [2.75, 3.05) is 0 Å². The topological polar surface area (TPSA) is 120 Å². The zero-order valence-corrected chi connectivity index (χ0v) is 17.3. The van der Waals surface area contributed by atoms with Gasteiger partial charge in [0.1, 0.15) is 10.6 Å². The zero-order valence-electron chi connectivity index (χ0n) is 15.7. The molecule has 0 aliphatic rings. The van der Waals surface area contributed by atoms with Crippen LogP contribution in [0.1, 0.15) is 6.92 Å². The molecule has 0 aliphatic heterocycles. The molecule has 1 atom stereocenters. The quantitative estimate of drug-likeness (QED) is 0.363. The lowest BCUT2D eigenvalue weighted by Gasteiger charge is -2.15. The molecule has 3 N–H and O–H groups in total. The number of aromatic nitrogens is 2. The van der Waals surface area contributed by atoms with Crippen molar-refractivity contribution in [3.8, 4) is 17.0 Å². The molecule has 1 aromatic carbocycles. The lowest BCUT2D eigenvalue weighted by Crippen LogP contribution is -2.39. The van der Waals surface area contributed by atoms with Crippen molar-refractivity contribution in [3.05, 3.63) is 64.5 Å². The number of nitrogens with two attached hydrogens (primary N) is 1. The van der Waals surface area contributed by atoms with E-state index < -0.39 is 17.2 Å². The number of carbonyl (C=O) groups is 2. The van der Waals surface area contributed by atoms with Gasteiger partial charge in [0, 0.05) is 10.9 Å². The van der Waals surface area contributed by atoms with E-state index in [1.54, 1.807) is 37.5 Å². The van der Waals surface area contributed by atoms with E-state index in [0.29, 0.717) is 32.4 Å². The Labute approximate surface area is 178 Å². The van der Waals surface area contributed by atoms with Crippen LogP contribution >= 0.6 is 23.1 Å². The van der Waals surface area contributed by atoms with Gasteiger partial charge < -0.3 is 10.2 Å². The van der Waals surface area contributed by atoms with Crippen molar-refractivity contribution in [2.24, 2.45) is 5.73 Å². The van der Waals surface area contributed by atoms with Gasteiger partial charge in [-0.3, -0.25) is 19.5 Å². The van der Waals surface area contributed by atoms with Crippen LogP contribution in [-0.4, -0.2) is 26.7 Å². The van der Waals surface area contributed by atoms with Gasteiger partial charge in [0.15, 0.2) is 5.16 Å². The van der Waals surface area contributed by atoms with Crippen LogP contribution in [0.4, 0.5) is 4.79 Å². The molecule has 0 saturated heterocycles. The monoisotopic (exact) mass is 440 g/mol. The van der Waals surface area contributed by atoms with Crippen molar-refractivity contribution < 1.29 is 14.0 Å². The Morgan fingerprint density at radius 2 is 2.00 bits per heavy atom. The predicted molar refractivity (Wildman–Crippen MR) is 116 cm³/mol. The number of hydrogen-bond donors (Lipinski definition) is 2. The Morgan fingerprint density at radius 3 is 2.67 bits per heavy atom. The Balaban J connectivity index is 1.89. The van der Waals surface area contributed by atoms with Gasteiger partial charge in [-0.2, -0.15) is 0 Å². The number of primary amides is 1. The first kappa shape index (κ1) is 19.9. The molecule has 4 aromatic rings. The molecule has 3 amide bonds. The molecule has 0 spiro atoms. The summed E-state index contributed by atoms with van der Waals surface area (Å²) in [5, 5.41) is 3.94. The second-order valence-corrected chi connectivity index (χ2v) is 8.46. The number of nitrogens with one attached hydrogen (secondary N) is 1. The van der Waals surface area contributed by atoms with E-state index in [2.05, 4.69) is 10.3 Å². The normalized spacial score (nSPS) is 12.0. The highest BCUT2D eigenvalue weighted by atomic mass is 32.2. The van der Waals surface area contributed by atoms with Gasteiger partial charge in [-0.25, -0.2) is 9.78 Å². The third-order valence-corrected chi connectivity index (χ3v) is 6.20. The van der Waals surface area contributed by atoms with Gasteiger partial charge in [-0.05, 0) is 31.2 Å². The van der Waals surface area contributed by atoms with E-state index in [-0.39, 0.29) is 5.56 Å². The van der Waals surface area contributed by atoms with Crippen molar-refractivity contribution >= 4 is 45.3 Å². The number of nitrogens with zero attached hydrogens (tertiary/aromatic N) is 2. The summed E-state index contributed by atoms with van der Waals surface area (Å²) in [5.74, 6) is 0.0123. The number of furan rings is 1. The number of thiophene rings is 1. The average Bonchev–Trinajstić information content (AvgIpc) is 3.38. The second kappa shape index (κ2) is 8.17. The maximum Gasteiger partial charge on any atom is 0.318 e. The fourth-order valence-corrected chi connectivity index (χ4v) is 4.80. The minimum absolute atomic E-state index is 0.274. The number of carbonyl (C=O) groups excluding carboxylic acids is 2. The zero-order chi connectivity index (χ0) is 21.3. The van der Waals surface area contributed by atoms with Crippen LogP contribution in [0, 0.1) is 0 Å². The molecule has 8 nitrogen and oxygen atoms in total. The highest BCUT2D eigenvalue weighted by Gasteiger charge is 2.23. The molecule has 4 rings (SSSR count). The Bertz CT molecular complexity index is 1280. The minimum atomic E-state index is -0.933. The summed E-state index contributed by atoms with van der Waals surface area (Å²) in [6.45, 7) is 1.61. The Kier molecular flexibility index (Phi) is 5.42. The van der Waals surface area contributed by atoms with E-state index in [0.717, 1.165) is 11.8 Å². The minimum Gasteiger partial charge on any atom is -0.464 e. The molecular weight excluding hydrogens is 424 g/mol. The molecule has 30 heavy (non-hydrogen) atoms. The molecule has 3 aromatic heterocycles. The summed E-state index contributed by atoms with van der Waals surface area (Å²) in [6.07, 6.45) is 1.55. The van der Waals surface area contributed by atoms with Gasteiger partial charge in [0.05, 0.1) is 22.6 Å². The Hall–Kier alpha value is -3.37. The molecule has 3 heterocycles. The first-order chi connectivity index (χ1) is 14.5. The maximum absolute atomic E-state index is 13.6. The summed E-state index contributed by atoms with van der Waals surface area (Å²) >= 11 is 2.38. The highest BCUT2D eigenvalue weighted by molar-refractivity contribution is 8.00. The number of thioether (sulfide) groups is 1. The van der Waals surface area contributed by atoms with E-state index in [1.807, 2.05) is 23.6 Å². The number of benzene rings is 1. The van der Waals surface area contributed by atoms with Crippen molar-refractivity contribution in [1.82, 2.24) is 14.9 Å². The molecule has 0 bridgehead atoms. The van der Waals surface area contributed by atoms with Gasteiger partial charge in [0.2, 0.25) is 5.91 Å². The fraction of sp³-hybridized carbons (Fsp3) is 0.100. The molecular formula is C20H16N4O4S2. The summed E-state index contributed by atoms with van der Waals surface area (Å²) in [4.78, 5) is 41.9. The van der Waals surface area contributed by atoms with Crippen LogP contribution in [0.2, 0.25) is 0 Å². The smallest absolute Gasteiger partial charge is 0.318 e. The first-order valence-electron chi connectivity index (χ1n) is 8.86. The predicted octanol–water partition coefficient (Wildman–Crippen LogP) is 3.38. The van der Waals surface area contributed by atoms with E-state index in [4.69, 9.17) is 10.2 Å². The molecule has 0 unspecified atom stereocenters. The van der Waals surface area contributed by atoms with Gasteiger partial charge in [-0.15, -0.1) is 11.3 Å². The maximum atomic E-state index is 13.6. The van der Waals surface area contributed by atoms with Crippen molar-refractivity contribution in [1.29, 1.82) is 0 Å². The first-order valence-corrected chi connectivity index (χ1v) is 10.6. The van der Waals surface area contributed by atoms with E-state index >= 15 is 0 Å². The molecule has 0 fully saturated rings. The number of imide groups is 1.